The molecule has 246 valence electrons. The first-order chi connectivity index (χ1) is 23.8. The SMILES string of the molecule is COc1ccc2[nH]c3c(c2c1)CCN(C(=O)OCC1c2ccccc2-c2ccccc21)C3C(=O)Nc1cc(C)n(-c2ccc(Cl)cc2Cl)n1. The van der Waals surface area contributed by atoms with Crippen LogP contribution >= 0.6 is 23.2 Å². The number of carbonyl (C=O) groups is 2. The molecule has 0 saturated carbocycles. The number of H-pyrrole nitrogens is 1. The summed E-state index contributed by atoms with van der Waals surface area (Å²) in [6.45, 7) is 2.28. The number of fused-ring (bicyclic) bond motifs is 6. The summed E-state index contributed by atoms with van der Waals surface area (Å²) in [6.07, 6.45) is -0.0437. The van der Waals surface area contributed by atoms with Crippen molar-refractivity contribution < 1.29 is 19.1 Å². The molecule has 3 heterocycles. The van der Waals surface area contributed by atoms with E-state index in [1.54, 1.807) is 36.1 Å². The molecule has 1 aliphatic carbocycles. The first kappa shape index (κ1) is 31.0. The van der Waals surface area contributed by atoms with Crippen LogP contribution in [-0.2, 0) is 16.0 Å². The number of amides is 2. The van der Waals surface area contributed by atoms with Gasteiger partial charge in [0.25, 0.3) is 5.91 Å². The number of hydrogen-bond donors (Lipinski definition) is 2. The highest BCUT2D eigenvalue weighted by Gasteiger charge is 2.40. The molecule has 11 heteroatoms. The highest BCUT2D eigenvalue weighted by molar-refractivity contribution is 6.35. The number of ether oxygens (including phenoxy) is 2. The minimum absolute atomic E-state index is 0.115. The molecule has 2 N–H and O–H groups in total. The van der Waals surface area contributed by atoms with E-state index in [-0.39, 0.29) is 19.1 Å². The van der Waals surface area contributed by atoms with E-state index in [2.05, 4.69) is 39.7 Å². The minimum atomic E-state index is -1.01. The van der Waals surface area contributed by atoms with Crippen LogP contribution in [0.4, 0.5) is 10.6 Å². The van der Waals surface area contributed by atoms with Crippen LogP contribution in [0.2, 0.25) is 10.0 Å². The number of nitrogens with zero attached hydrogens (tertiary/aromatic N) is 3. The third kappa shape index (κ3) is 5.39. The maximum atomic E-state index is 14.3. The molecule has 0 spiro atoms. The summed E-state index contributed by atoms with van der Waals surface area (Å²) in [5, 5.41) is 9.44. The smallest absolute Gasteiger partial charge is 0.410 e. The second-order valence-electron chi connectivity index (χ2n) is 12.2. The van der Waals surface area contributed by atoms with E-state index in [1.165, 1.54) is 4.90 Å². The van der Waals surface area contributed by atoms with Gasteiger partial charge in [0.1, 0.15) is 12.4 Å². The molecule has 1 unspecified atom stereocenters. The summed E-state index contributed by atoms with van der Waals surface area (Å²) in [5.41, 5.74) is 8.29. The first-order valence-electron chi connectivity index (χ1n) is 15.9. The van der Waals surface area contributed by atoms with Gasteiger partial charge in [0.15, 0.2) is 11.9 Å². The van der Waals surface area contributed by atoms with Crippen molar-refractivity contribution >= 4 is 51.9 Å². The molecule has 0 saturated heterocycles. The molecule has 2 aromatic heterocycles. The van der Waals surface area contributed by atoms with Crippen molar-refractivity contribution in [3.63, 3.8) is 0 Å². The number of halogens is 2. The summed E-state index contributed by atoms with van der Waals surface area (Å²) in [4.78, 5) is 33.3. The largest absolute Gasteiger partial charge is 0.497 e. The van der Waals surface area contributed by atoms with Crippen molar-refractivity contribution in [2.75, 3.05) is 25.6 Å². The number of rotatable bonds is 6. The van der Waals surface area contributed by atoms with Crippen molar-refractivity contribution in [1.82, 2.24) is 19.7 Å². The molecule has 0 fully saturated rings. The molecular weight excluding hydrogens is 661 g/mol. The van der Waals surface area contributed by atoms with E-state index in [0.717, 1.165) is 44.4 Å². The molecule has 6 aromatic rings. The van der Waals surface area contributed by atoms with E-state index < -0.39 is 18.0 Å². The van der Waals surface area contributed by atoms with Crippen LogP contribution in [0.3, 0.4) is 0 Å². The Morgan fingerprint density at radius 1 is 0.959 bits per heavy atom. The Labute approximate surface area is 292 Å². The zero-order valence-corrected chi connectivity index (χ0v) is 28.2. The molecule has 9 nitrogen and oxygen atoms in total. The van der Waals surface area contributed by atoms with Crippen molar-refractivity contribution in [3.8, 4) is 22.6 Å². The van der Waals surface area contributed by atoms with Crippen molar-refractivity contribution in [2.24, 2.45) is 0 Å². The molecule has 8 rings (SSSR count). The number of anilines is 1. The lowest BCUT2D eigenvalue weighted by Crippen LogP contribution is -2.46. The Morgan fingerprint density at radius 2 is 1.69 bits per heavy atom. The van der Waals surface area contributed by atoms with Crippen LogP contribution < -0.4 is 10.1 Å². The Kier molecular flexibility index (Phi) is 7.81. The average Bonchev–Trinajstić information content (AvgIpc) is 3.77. The van der Waals surface area contributed by atoms with Gasteiger partial charge in [-0.3, -0.25) is 9.69 Å². The summed E-state index contributed by atoms with van der Waals surface area (Å²) < 4.78 is 13.2. The fourth-order valence-corrected chi connectivity index (χ4v) is 7.66. The molecule has 1 atom stereocenters. The predicted octanol–water partition coefficient (Wildman–Crippen LogP) is 8.46. The van der Waals surface area contributed by atoms with Crippen LogP contribution in [0.5, 0.6) is 5.75 Å². The Balaban J connectivity index is 1.11. The number of aromatic nitrogens is 3. The summed E-state index contributed by atoms with van der Waals surface area (Å²) in [7, 11) is 1.62. The van der Waals surface area contributed by atoms with Crippen LogP contribution in [-0.4, -0.2) is 51.9 Å². The first-order valence-corrected chi connectivity index (χ1v) is 16.7. The standard InChI is InChI=1S/C38H31Cl2N5O4/c1-21-17-34(43-45(21)33-14-11-22(39)18-31(33)40)42-37(46)36-35-28(29-19-23(48-2)12-13-32(29)41-35)15-16-44(36)38(47)49-20-30-26-9-5-3-7-24(26)25-8-4-6-10-27(25)30/h3-14,17-19,30,36,41H,15-16,20H2,1-2H3,(H,42,43,46). The average molecular weight is 693 g/mol. The quantitative estimate of drug-likeness (QED) is 0.182. The van der Waals surface area contributed by atoms with Gasteiger partial charge in [-0.2, -0.15) is 0 Å². The van der Waals surface area contributed by atoms with Crippen LogP contribution in [0.15, 0.2) is 91.0 Å². The van der Waals surface area contributed by atoms with E-state index >= 15 is 0 Å². The molecule has 2 amide bonds. The molecule has 0 bridgehead atoms. The monoisotopic (exact) mass is 691 g/mol. The summed E-state index contributed by atoms with van der Waals surface area (Å²) in [6, 6.07) is 28.0. The zero-order valence-electron chi connectivity index (χ0n) is 26.7. The number of carbonyl (C=O) groups excluding carboxylic acids is 2. The second-order valence-corrected chi connectivity index (χ2v) is 13.1. The lowest BCUT2D eigenvalue weighted by Gasteiger charge is -2.34. The van der Waals surface area contributed by atoms with Gasteiger partial charge in [-0.05, 0) is 77.6 Å². The van der Waals surface area contributed by atoms with E-state index in [1.807, 2.05) is 49.4 Å². The number of benzene rings is 4. The maximum absolute atomic E-state index is 14.3. The van der Waals surface area contributed by atoms with Gasteiger partial charge in [0.2, 0.25) is 0 Å². The van der Waals surface area contributed by atoms with Crippen molar-refractivity contribution in [2.45, 2.75) is 25.3 Å². The molecule has 2 aliphatic rings. The van der Waals surface area contributed by atoms with E-state index in [4.69, 9.17) is 32.7 Å². The van der Waals surface area contributed by atoms with Gasteiger partial charge in [0, 0.05) is 40.1 Å². The van der Waals surface area contributed by atoms with Crippen LogP contribution in [0.25, 0.3) is 27.7 Å². The normalized spacial score (nSPS) is 15.1. The lowest BCUT2D eigenvalue weighted by atomic mass is 9.96. The van der Waals surface area contributed by atoms with Crippen molar-refractivity contribution in [1.29, 1.82) is 0 Å². The summed E-state index contributed by atoms with van der Waals surface area (Å²) >= 11 is 12.6. The fourth-order valence-electron chi connectivity index (χ4n) is 7.17. The zero-order chi connectivity index (χ0) is 33.8. The molecule has 1 aliphatic heterocycles. The third-order valence-corrected chi connectivity index (χ3v) is 9.97. The number of nitrogens with one attached hydrogen (secondary N) is 2. The van der Waals surface area contributed by atoms with E-state index in [9.17, 15) is 9.59 Å². The van der Waals surface area contributed by atoms with Gasteiger partial charge < -0.3 is 19.8 Å². The van der Waals surface area contributed by atoms with Gasteiger partial charge in [-0.15, -0.1) is 5.10 Å². The molecule has 49 heavy (non-hydrogen) atoms. The third-order valence-electron chi connectivity index (χ3n) is 9.43. The van der Waals surface area contributed by atoms with Crippen molar-refractivity contribution in [3.05, 3.63) is 129 Å². The van der Waals surface area contributed by atoms with E-state index in [0.29, 0.717) is 39.4 Å². The predicted molar refractivity (Wildman–Crippen MR) is 190 cm³/mol. The van der Waals surface area contributed by atoms with Crippen LogP contribution in [0.1, 0.15) is 40.0 Å². The number of methoxy groups -OCH3 is 1. The van der Waals surface area contributed by atoms with Gasteiger partial charge in [-0.1, -0.05) is 71.7 Å². The van der Waals surface area contributed by atoms with Gasteiger partial charge in [-0.25, -0.2) is 9.48 Å². The fraction of sp³-hybridized carbons (Fsp3) is 0.184. The highest BCUT2D eigenvalue weighted by atomic mass is 35.5. The highest BCUT2D eigenvalue weighted by Crippen LogP contribution is 2.45. The Morgan fingerprint density at radius 3 is 2.41 bits per heavy atom. The molecule has 0 radical (unpaired) electrons. The van der Waals surface area contributed by atoms with Gasteiger partial charge in [0.05, 0.1) is 23.5 Å². The minimum Gasteiger partial charge on any atom is -0.497 e. The number of hydrogen-bond acceptors (Lipinski definition) is 5. The van der Waals surface area contributed by atoms with Crippen LogP contribution in [0, 0.1) is 6.92 Å². The maximum Gasteiger partial charge on any atom is 0.410 e. The second kappa shape index (κ2) is 12.3. The number of aromatic amines is 1. The topological polar surface area (TPSA) is 101 Å². The van der Waals surface area contributed by atoms with Gasteiger partial charge >= 0.3 is 6.09 Å². The molecule has 4 aromatic carbocycles. The Bertz CT molecular complexity index is 2230. The number of aryl methyl sites for hydroxylation is 1. The Hall–Kier alpha value is -5.25. The summed E-state index contributed by atoms with van der Waals surface area (Å²) in [5.74, 6) is 0.470. The lowest BCUT2D eigenvalue weighted by molar-refractivity contribution is -0.121. The molecular formula is C38H31Cl2N5O4.